The molecule has 134 valence electrons. The minimum absolute atomic E-state index is 0.245. The van der Waals surface area contributed by atoms with Crippen molar-refractivity contribution in [2.24, 2.45) is 0 Å². The van der Waals surface area contributed by atoms with Crippen LogP contribution in [0.2, 0.25) is 0 Å². The Bertz CT molecular complexity index is 861. The van der Waals surface area contributed by atoms with E-state index in [4.69, 9.17) is 4.74 Å². The molecule has 1 N–H and O–H groups in total. The fourth-order valence-electron chi connectivity index (χ4n) is 2.09. The fraction of sp³-hybridized carbons (Fsp3) is 0.118. The van der Waals surface area contributed by atoms with Crippen LogP contribution >= 0.6 is 0 Å². The average molecular weight is 357 g/mol. The summed E-state index contributed by atoms with van der Waals surface area (Å²) in [4.78, 5) is 31.8. The summed E-state index contributed by atoms with van der Waals surface area (Å²) in [6.45, 7) is 1.96. The molecule has 26 heavy (non-hydrogen) atoms. The first-order valence-corrected chi connectivity index (χ1v) is 7.55. The van der Waals surface area contributed by atoms with Crippen LogP contribution in [0, 0.1) is 20.2 Å². The number of carbonyl (C=O) groups excluding carboxylic acids is 1. The van der Waals surface area contributed by atoms with Gasteiger partial charge in [-0.3, -0.25) is 25.5 Å². The normalized spacial score (nSPS) is 10.5. The van der Waals surface area contributed by atoms with Crippen molar-refractivity contribution in [1.29, 1.82) is 0 Å². The number of amides is 1. The van der Waals surface area contributed by atoms with E-state index in [9.17, 15) is 25.0 Å². The van der Waals surface area contributed by atoms with Gasteiger partial charge in [-0.25, -0.2) is 4.79 Å². The second kappa shape index (κ2) is 8.38. The molecule has 2 aromatic rings. The predicted molar refractivity (Wildman–Crippen MR) is 95.8 cm³/mol. The summed E-state index contributed by atoms with van der Waals surface area (Å²) in [5.74, 6) is 0. The first-order chi connectivity index (χ1) is 12.4. The number of nitrogens with one attached hydrogen (secondary N) is 1. The molecule has 0 aliphatic heterocycles. The Hall–Kier alpha value is -3.75. The van der Waals surface area contributed by atoms with Crippen molar-refractivity contribution in [3.8, 4) is 0 Å². The third-order valence-corrected chi connectivity index (χ3v) is 3.31. The lowest BCUT2D eigenvalue weighted by molar-refractivity contribution is -0.394. The van der Waals surface area contributed by atoms with Gasteiger partial charge in [0.05, 0.1) is 28.1 Å². The van der Waals surface area contributed by atoms with Crippen LogP contribution < -0.4 is 5.32 Å². The highest BCUT2D eigenvalue weighted by Crippen LogP contribution is 2.26. The number of nitro groups is 2. The maximum absolute atomic E-state index is 11.3. The van der Waals surface area contributed by atoms with Crippen molar-refractivity contribution >= 4 is 35.3 Å². The molecule has 9 nitrogen and oxygen atoms in total. The minimum atomic E-state index is -0.685. The third-order valence-electron chi connectivity index (χ3n) is 3.31. The Balaban J connectivity index is 2.18. The largest absolute Gasteiger partial charge is 0.450 e. The molecule has 0 heterocycles. The third kappa shape index (κ3) is 4.87. The number of anilines is 1. The molecule has 0 bridgehead atoms. The van der Waals surface area contributed by atoms with Crippen molar-refractivity contribution in [3.05, 3.63) is 73.8 Å². The van der Waals surface area contributed by atoms with Gasteiger partial charge in [0.2, 0.25) is 0 Å². The highest BCUT2D eigenvalue weighted by Gasteiger charge is 2.17. The molecule has 2 aromatic carbocycles. The van der Waals surface area contributed by atoms with E-state index < -0.39 is 15.9 Å². The number of hydrogen-bond donors (Lipinski definition) is 1. The van der Waals surface area contributed by atoms with E-state index >= 15 is 0 Å². The first-order valence-electron chi connectivity index (χ1n) is 7.55. The van der Waals surface area contributed by atoms with Gasteiger partial charge in [-0.05, 0) is 36.8 Å². The van der Waals surface area contributed by atoms with E-state index in [2.05, 4.69) is 5.32 Å². The van der Waals surface area contributed by atoms with E-state index in [-0.39, 0.29) is 23.5 Å². The van der Waals surface area contributed by atoms with Crippen molar-refractivity contribution in [3.63, 3.8) is 0 Å². The zero-order chi connectivity index (χ0) is 19.1. The van der Waals surface area contributed by atoms with Gasteiger partial charge in [-0.2, -0.15) is 0 Å². The average Bonchev–Trinajstić information content (AvgIpc) is 2.61. The van der Waals surface area contributed by atoms with Crippen LogP contribution in [-0.2, 0) is 4.74 Å². The maximum Gasteiger partial charge on any atom is 0.411 e. The number of rotatable bonds is 6. The molecular weight excluding hydrogens is 342 g/mol. The summed E-state index contributed by atoms with van der Waals surface area (Å²) in [5, 5.41) is 24.4. The highest BCUT2D eigenvalue weighted by molar-refractivity contribution is 5.85. The van der Waals surface area contributed by atoms with E-state index in [0.29, 0.717) is 5.69 Å². The number of hydrogen-bond acceptors (Lipinski definition) is 6. The van der Waals surface area contributed by atoms with Crippen LogP contribution in [-0.4, -0.2) is 22.5 Å². The number of nitrogens with zero attached hydrogens (tertiary/aromatic N) is 2. The molecular formula is C17H15N3O6. The van der Waals surface area contributed by atoms with Crippen LogP contribution in [0.25, 0.3) is 12.2 Å². The van der Waals surface area contributed by atoms with Crippen LogP contribution in [0.3, 0.4) is 0 Å². The second-order valence-corrected chi connectivity index (χ2v) is 5.06. The Morgan fingerprint density at radius 1 is 1.08 bits per heavy atom. The molecule has 0 aromatic heterocycles. The van der Waals surface area contributed by atoms with Crippen molar-refractivity contribution in [2.45, 2.75) is 6.92 Å². The molecule has 0 spiro atoms. The van der Waals surface area contributed by atoms with Gasteiger partial charge < -0.3 is 4.74 Å². The quantitative estimate of drug-likeness (QED) is 0.468. The highest BCUT2D eigenvalue weighted by atomic mass is 16.6. The van der Waals surface area contributed by atoms with Gasteiger partial charge in [0.1, 0.15) is 0 Å². The van der Waals surface area contributed by atoms with Gasteiger partial charge in [-0.15, -0.1) is 0 Å². The lowest BCUT2D eigenvalue weighted by Gasteiger charge is -2.05. The second-order valence-electron chi connectivity index (χ2n) is 5.06. The molecule has 2 rings (SSSR count). The minimum Gasteiger partial charge on any atom is -0.450 e. The lowest BCUT2D eigenvalue weighted by atomic mass is 10.1. The first kappa shape index (κ1) is 18.6. The molecule has 0 saturated heterocycles. The van der Waals surface area contributed by atoms with Gasteiger partial charge >= 0.3 is 6.09 Å². The van der Waals surface area contributed by atoms with E-state index in [0.717, 1.165) is 11.6 Å². The SMILES string of the molecule is CCOC(=O)Nc1ccc(/C=C/c2ccc([N+](=O)[O-])cc2[N+](=O)[O-])cc1. The van der Waals surface area contributed by atoms with Crippen molar-refractivity contribution in [1.82, 2.24) is 0 Å². The Labute approximate surface area is 148 Å². The van der Waals surface area contributed by atoms with Gasteiger partial charge in [0, 0.05) is 11.8 Å². The van der Waals surface area contributed by atoms with Gasteiger partial charge in [0.15, 0.2) is 0 Å². The molecule has 1 amide bonds. The van der Waals surface area contributed by atoms with Crippen molar-refractivity contribution < 1.29 is 19.4 Å². The lowest BCUT2D eigenvalue weighted by Crippen LogP contribution is -2.13. The molecule has 0 atom stereocenters. The molecule has 0 saturated carbocycles. The molecule has 0 fully saturated rings. The molecule has 0 aliphatic rings. The molecule has 0 radical (unpaired) electrons. The smallest absolute Gasteiger partial charge is 0.411 e. The monoisotopic (exact) mass is 357 g/mol. The Kier molecular flexibility index (Phi) is 5.99. The number of ether oxygens (including phenoxy) is 1. The number of non-ortho nitro benzene ring substituents is 1. The van der Waals surface area contributed by atoms with Gasteiger partial charge in [-0.1, -0.05) is 18.2 Å². The summed E-state index contributed by atoms with van der Waals surface area (Å²) in [5.41, 5.74) is 0.822. The summed E-state index contributed by atoms with van der Waals surface area (Å²) < 4.78 is 4.77. The summed E-state index contributed by atoms with van der Waals surface area (Å²) in [6.07, 6.45) is 2.56. The van der Waals surface area contributed by atoms with Crippen LogP contribution in [0.1, 0.15) is 18.1 Å². The zero-order valence-corrected chi connectivity index (χ0v) is 13.7. The molecule has 9 heteroatoms. The fourth-order valence-corrected chi connectivity index (χ4v) is 2.09. The van der Waals surface area contributed by atoms with E-state index in [1.165, 1.54) is 18.2 Å². The Morgan fingerprint density at radius 3 is 2.35 bits per heavy atom. The molecule has 0 aliphatic carbocycles. The van der Waals surface area contributed by atoms with E-state index in [1.54, 1.807) is 37.3 Å². The maximum atomic E-state index is 11.3. The van der Waals surface area contributed by atoms with E-state index in [1.807, 2.05) is 0 Å². The predicted octanol–water partition coefficient (Wildman–Crippen LogP) is 4.24. The van der Waals surface area contributed by atoms with Crippen molar-refractivity contribution in [2.75, 3.05) is 11.9 Å². The standard InChI is InChI=1S/C17H15N3O6/c1-2-26-17(21)18-14-8-4-12(5-9-14)3-6-13-7-10-15(19(22)23)11-16(13)20(24)25/h3-11H,2H2,1H3,(H,18,21)/b6-3+. The van der Waals surface area contributed by atoms with Crippen LogP contribution in [0.15, 0.2) is 42.5 Å². The number of benzene rings is 2. The number of nitro benzene ring substituents is 2. The molecule has 0 unspecified atom stereocenters. The zero-order valence-electron chi connectivity index (χ0n) is 13.7. The Morgan fingerprint density at radius 2 is 1.77 bits per heavy atom. The summed E-state index contributed by atoms with van der Waals surface area (Å²) in [6, 6.07) is 10.2. The van der Waals surface area contributed by atoms with Gasteiger partial charge in [0.25, 0.3) is 11.4 Å². The topological polar surface area (TPSA) is 125 Å². The number of carbonyl (C=O) groups is 1. The summed E-state index contributed by atoms with van der Waals surface area (Å²) >= 11 is 0. The summed E-state index contributed by atoms with van der Waals surface area (Å²) in [7, 11) is 0. The van der Waals surface area contributed by atoms with Crippen LogP contribution in [0.4, 0.5) is 21.9 Å². The van der Waals surface area contributed by atoms with Crippen LogP contribution in [0.5, 0.6) is 0 Å².